The summed E-state index contributed by atoms with van der Waals surface area (Å²) in [5, 5.41) is 8.65. The highest BCUT2D eigenvalue weighted by Crippen LogP contribution is 2.38. The molecule has 1 amide bonds. The third-order valence-corrected chi connectivity index (χ3v) is 9.26. The van der Waals surface area contributed by atoms with Gasteiger partial charge in [0.1, 0.15) is 11.6 Å². The average molecular weight is 590 g/mol. The zero-order chi connectivity index (χ0) is 28.4. The van der Waals surface area contributed by atoms with Crippen LogP contribution >= 0.6 is 11.6 Å². The SMILES string of the molecule is CS(=O)(=O)N1CCN(C(=O)[C@@H]2CN(c3cccnn3)C[C@H]2c2ccc(F)cc2F)CCCC1c1ccc(Cl)cc1. The molecule has 2 aromatic carbocycles. The Hall–Kier alpha value is -3.15. The molecule has 212 valence electrons. The van der Waals surface area contributed by atoms with Crippen LogP contribution in [0, 0.1) is 17.6 Å². The summed E-state index contributed by atoms with van der Waals surface area (Å²) < 4.78 is 55.8. The molecule has 12 heteroatoms. The first-order valence-electron chi connectivity index (χ1n) is 13.1. The number of amides is 1. The van der Waals surface area contributed by atoms with Gasteiger partial charge in [0.25, 0.3) is 0 Å². The van der Waals surface area contributed by atoms with Crippen LogP contribution in [0.25, 0.3) is 0 Å². The van der Waals surface area contributed by atoms with Gasteiger partial charge in [-0.2, -0.15) is 9.40 Å². The van der Waals surface area contributed by atoms with Gasteiger partial charge in [-0.1, -0.05) is 29.8 Å². The third-order valence-electron chi connectivity index (χ3n) is 7.72. The van der Waals surface area contributed by atoms with E-state index in [9.17, 15) is 22.0 Å². The maximum Gasteiger partial charge on any atom is 0.228 e. The molecule has 40 heavy (non-hydrogen) atoms. The van der Waals surface area contributed by atoms with Crippen LogP contribution in [-0.2, 0) is 14.8 Å². The molecule has 0 radical (unpaired) electrons. The molecular weight excluding hydrogens is 560 g/mol. The minimum atomic E-state index is -3.60. The van der Waals surface area contributed by atoms with Crippen LogP contribution in [0.2, 0.25) is 5.02 Å². The lowest BCUT2D eigenvalue weighted by atomic mass is 9.87. The Balaban J connectivity index is 1.40. The number of hydrogen-bond acceptors (Lipinski definition) is 6. The van der Waals surface area contributed by atoms with Crippen LogP contribution in [0.5, 0.6) is 0 Å². The quantitative estimate of drug-likeness (QED) is 0.442. The minimum absolute atomic E-state index is 0.119. The molecule has 1 unspecified atom stereocenters. The second-order valence-corrected chi connectivity index (χ2v) is 12.6. The van der Waals surface area contributed by atoms with Crippen molar-refractivity contribution < 1.29 is 22.0 Å². The molecule has 0 aliphatic carbocycles. The Labute approximate surface area is 237 Å². The monoisotopic (exact) mass is 589 g/mol. The number of sulfonamides is 1. The Morgan fingerprint density at radius 2 is 1.80 bits per heavy atom. The molecule has 3 heterocycles. The highest BCUT2D eigenvalue weighted by atomic mass is 35.5. The maximum absolute atomic E-state index is 14.9. The molecular formula is C28H30ClF2N5O3S. The summed E-state index contributed by atoms with van der Waals surface area (Å²) >= 11 is 6.05. The van der Waals surface area contributed by atoms with Crippen molar-refractivity contribution in [1.82, 2.24) is 19.4 Å². The van der Waals surface area contributed by atoms with Gasteiger partial charge >= 0.3 is 0 Å². The number of rotatable bonds is 5. The summed E-state index contributed by atoms with van der Waals surface area (Å²) in [6, 6.07) is 13.7. The molecule has 2 saturated heterocycles. The van der Waals surface area contributed by atoms with E-state index in [0.29, 0.717) is 36.8 Å². The zero-order valence-corrected chi connectivity index (χ0v) is 23.5. The first-order valence-corrected chi connectivity index (χ1v) is 15.3. The third kappa shape index (κ3) is 6.11. The minimum Gasteiger partial charge on any atom is -0.354 e. The van der Waals surface area contributed by atoms with Gasteiger partial charge in [0.2, 0.25) is 15.9 Å². The Morgan fingerprint density at radius 3 is 2.48 bits per heavy atom. The lowest BCUT2D eigenvalue weighted by Crippen LogP contribution is -2.47. The molecule has 3 atom stereocenters. The summed E-state index contributed by atoms with van der Waals surface area (Å²) in [5.74, 6) is -2.21. The molecule has 0 spiro atoms. The van der Waals surface area contributed by atoms with Gasteiger partial charge in [-0.3, -0.25) is 4.79 Å². The van der Waals surface area contributed by atoms with Crippen LogP contribution in [0.4, 0.5) is 14.6 Å². The van der Waals surface area contributed by atoms with Gasteiger partial charge in [0.05, 0.1) is 12.2 Å². The van der Waals surface area contributed by atoms with Crippen LogP contribution in [0.1, 0.15) is 35.9 Å². The lowest BCUT2D eigenvalue weighted by molar-refractivity contribution is -0.135. The first-order chi connectivity index (χ1) is 19.1. The number of aromatic nitrogens is 2. The van der Waals surface area contributed by atoms with E-state index < -0.39 is 33.5 Å². The predicted molar refractivity (Wildman–Crippen MR) is 148 cm³/mol. The lowest BCUT2D eigenvalue weighted by Gasteiger charge is -2.37. The van der Waals surface area contributed by atoms with Gasteiger partial charge in [-0.15, -0.1) is 5.10 Å². The van der Waals surface area contributed by atoms with Gasteiger partial charge < -0.3 is 9.80 Å². The average Bonchev–Trinajstić information content (AvgIpc) is 3.34. The van der Waals surface area contributed by atoms with Gasteiger partial charge in [0.15, 0.2) is 5.82 Å². The molecule has 5 rings (SSSR count). The number of carbonyl (C=O) groups is 1. The number of anilines is 1. The molecule has 2 aliphatic rings. The molecule has 2 aliphatic heterocycles. The van der Waals surface area contributed by atoms with Gasteiger partial charge in [-0.05, 0) is 54.3 Å². The maximum atomic E-state index is 14.9. The van der Waals surface area contributed by atoms with Crippen LogP contribution in [-0.4, -0.2) is 72.7 Å². The molecule has 0 saturated carbocycles. The van der Waals surface area contributed by atoms with Gasteiger partial charge in [-0.25, -0.2) is 17.2 Å². The number of nitrogens with zero attached hydrogens (tertiary/aromatic N) is 5. The molecule has 2 fully saturated rings. The molecule has 1 aromatic heterocycles. The predicted octanol–water partition coefficient (Wildman–Crippen LogP) is 4.25. The largest absolute Gasteiger partial charge is 0.354 e. The summed E-state index contributed by atoms with van der Waals surface area (Å²) in [7, 11) is -3.60. The van der Waals surface area contributed by atoms with Crippen LogP contribution in [0.15, 0.2) is 60.8 Å². The summed E-state index contributed by atoms with van der Waals surface area (Å²) in [6.07, 6.45) is 3.81. The fourth-order valence-corrected chi connectivity index (χ4v) is 7.03. The van der Waals surface area contributed by atoms with Crippen molar-refractivity contribution in [1.29, 1.82) is 0 Å². The van der Waals surface area contributed by atoms with Crippen molar-refractivity contribution in [3.63, 3.8) is 0 Å². The first kappa shape index (κ1) is 28.4. The number of hydrogen-bond donors (Lipinski definition) is 0. The summed E-state index contributed by atoms with van der Waals surface area (Å²) in [5.41, 5.74) is 1.11. The van der Waals surface area contributed by atoms with Crippen molar-refractivity contribution in [2.24, 2.45) is 5.92 Å². The van der Waals surface area contributed by atoms with Crippen LogP contribution < -0.4 is 4.90 Å². The van der Waals surface area contributed by atoms with Crippen molar-refractivity contribution in [2.75, 3.05) is 43.9 Å². The van der Waals surface area contributed by atoms with E-state index in [1.54, 1.807) is 35.4 Å². The fraction of sp³-hybridized carbons (Fsp3) is 0.393. The highest BCUT2D eigenvalue weighted by Gasteiger charge is 2.43. The number of carbonyl (C=O) groups excluding carboxylic acids is 1. The summed E-state index contributed by atoms with van der Waals surface area (Å²) in [6.45, 7) is 1.32. The molecule has 8 nitrogen and oxygen atoms in total. The highest BCUT2D eigenvalue weighted by molar-refractivity contribution is 7.88. The van der Waals surface area contributed by atoms with E-state index in [1.165, 1.54) is 22.7 Å². The topological polar surface area (TPSA) is 86.7 Å². The Kier molecular flexibility index (Phi) is 8.34. The second kappa shape index (κ2) is 11.8. The van der Waals surface area contributed by atoms with Crippen molar-refractivity contribution in [3.8, 4) is 0 Å². The fourth-order valence-electron chi connectivity index (χ4n) is 5.80. The van der Waals surface area contributed by atoms with Crippen LogP contribution in [0.3, 0.4) is 0 Å². The van der Waals surface area contributed by atoms with Gasteiger partial charge in [0, 0.05) is 62.0 Å². The van der Waals surface area contributed by atoms with Crippen molar-refractivity contribution >= 4 is 33.3 Å². The Bertz CT molecular complexity index is 1460. The normalized spacial score (nSPS) is 22.6. The van der Waals surface area contributed by atoms with E-state index in [0.717, 1.165) is 11.6 Å². The standard InChI is InChI=1S/C28H30ClF2N5O3S/c1-40(38,39)36-15-14-34(13-3-4-26(36)19-6-8-20(29)9-7-19)28(37)24-18-35(27-5-2-12-32-33-27)17-23(24)22-11-10-21(30)16-25(22)31/h2,5-12,16,23-24,26H,3-4,13-15,17-18H2,1H3/t23-,24+,26?/m0/s1. The van der Waals surface area contributed by atoms with E-state index in [2.05, 4.69) is 10.2 Å². The summed E-state index contributed by atoms with van der Waals surface area (Å²) in [4.78, 5) is 17.6. The van der Waals surface area contributed by atoms with E-state index >= 15 is 0 Å². The molecule has 0 N–H and O–H groups in total. The van der Waals surface area contributed by atoms with E-state index in [4.69, 9.17) is 11.6 Å². The molecule has 0 bridgehead atoms. The number of benzene rings is 2. The molecule has 3 aromatic rings. The second-order valence-electron chi connectivity index (χ2n) is 10.3. The van der Waals surface area contributed by atoms with E-state index in [-0.39, 0.29) is 37.1 Å². The van der Waals surface area contributed by atoms with E-state index in [1.807, 2.05) is 17.0 Å². The number of halogens is 3. The smallest absolute Gasteiger partial charge is 0.228 e. The van der Waals surface area contributed by atoms with Crippen molar-refractivity contribution in [3.05, 3.63) is 88.6 Å². The Morgan fingerprint density at radius 1 is 1.02 bits per heavy atom. The zero-order valence-electron chi connectivity index (χ0n) is 22.0. The van der Waals surface area contributed by atoms with Crippen molar-refractivity contribution in [2.45, 2.75) is 24.8 Å².